The van der Waals surface area contributed by atoms with Gasteiger partial charge in [0.2, 0.25) is 0 Å². The number of hydrogen-bond donors (Lipinski definition) is 1. The summed E-state index contributed by atoms with van der Waals surface area (Å²) < 4.78 is 37.4. The molecule has 2 N–H and O–H groups in total. The Morgan fingerprint density at radius 3 is 2.53 bits per heavy atom. The molecule has 1 aromatic carbocycles. The lowest BCUT2D eigenvalue weighted by molar-refractivity contribution is -0.137. The van der Waals surface area contributed by atoms with Gasteiger partial charge in [0.05, 0.1) is 11.3 Å². The lowest BCUT2D eigenvalue weighted by atomic mass is 10.2. The maximum Gasteiger partial charge on any atom is 0.416 e. The monoisotopic (exact) mass is 284 g/mol. The fourth-order valence-electron chi connectivity index (χ4n) is 1.49. The predicted octanol–water partition coefficient (Wildman–Crippen LogP) is 3.97. The normalized spacial score (nSPS) is 11.5. The van der Waals surface area contributed by atoms with Gasteiger partial charge in [0.25, 0.3) is 0 Å². The second-order valence-electron chi connectivity index (χ2n) is 3.86. The zero-order valence-electron chi connectivity index (χ0n) is 9.82. The zero-order valence-corrected chi connectivity index (χ0v) is 10.6. The van der Waals surface area contributed by atoms with Crippen LogP contribution >= 0.6 is 11.8 Å². The molecule has 6 heteroatoms. The minimum absolute atomic E-state index is 0.135. The molecular formula is C13H11F3N2S. The summed E-state index contributed by atoms with van der Waals surface area (Å²) in [6.07, 6.45) is -2.69. The second kappa shape index (κ2) is 5.52. The lowest BCUT2D eigenvalue weighted by Crippen LogP contribution is -2.05. The molecule has 0 atom stereocenters. The van der Waals surface area contributed by atoms with Crippen molar-refractivity contribution < 1.29 is 13.2 Å². The number of thioether (sulfide) groups is 1. The molecule has 0 bridgehead atoms. The molecule has 0 saturated carbocycles. The number of halogens is 3. The van der Waals surface area contributed by atoms with Crippen molar-refractivity contribution >= 4 is 17.4 Å². The summed E-state index contributed by atoms with van der Waals surface area (Å²) in [7, 11) is 0. The van der Waals surface area contributed by atoms with Crippen LogP contribution in [0.5, 0.6) is 0 Å². The second-order valence-corrected chi connectivity index (χ2v) is 4.88. The Bertz CT molecular complexity index is 556. The molecule has 19 heavy (non-hydrogen) atoms. The number of nitrogens with zero attached hydrogens (tertiary/aromatic N) is 1. The van der Waals surface area contributed by atoms with Gasteiger partial charge in [-0.1, -0.05) is 6.07 Å². The highest BCUT2D eigenvalue weighted by Gasteiger charge is 2.30. The Hall–Kier alpha value is -1.69. The number of alkyl halides is 3. The number of hydrogen-bond acceptors (Lipinski definition) is 3. The predicted molar refractivity (Wildman–Crippen MR) is 69.7 cm³/mol. The summed E-state index contributed by atoms with van der Waals surface area (Å²) in [5.41, 5.74) is 5.90. The summed E-state index contributed by atoms with van der Waals surface area (Å²) in [4.78, 5) is 4.76. The van der Waals surface area contributed by atoms with E-state index in [9.17, 15) is 13.2 Å². The van der Waals surface area contributed by atoms with Gasteiger partial charge in [-0.15, -0.1) is 11.8 Å². The fraction of sp³-hybridized carbons (Fsp3) is 0.154. The highest BCUT2D eigenvalue weighted by atomic mass is 32.2. The first-order valence-corrected chi connectivity index (χ1v) is 6.45. The summed E-state index contributed by atoms with van der Waals surface area (Å²) in [6, 6.07) is 8.91. The van der Waals surface area contributed by atoms with Crippen molar-refractivity contribution in [2.75, 3.05) is 5.73 Å². The maximum atomic E-state index is 12.5. The number of benzene rings is 1. The van der Waals surface area contributed by atoms with E-state index in [1.54, 1.807) is 12.3 Å². The van der Waals surface area contributed by atoms with Gasteiger partial charge in [0.1, 0.15) is 0 Å². The number of nitrogens with two attached hydrogens (primary N) is 1. The Kier molecular flexibility index (Phi) is 3.99. The van der Waals surface area contributed by atoms with E-state index < -0.39 is 11.7 Å². The number of nitrogen functional groups attached to an aromatic ring is 1. The van der Waals surface area contributed by atoms with Crippen molar-refractivity contribution in [3.05, 3.63) is 53.9 Å². The van der Waals surface area contributed by atoms with E-state index in [0.29, 0.717) is 10.6 Å². The van der Waals surface area contributed by atoms with Gasteiger partial charge in [-0.3, -0.25) is 4.98 Å². The summed E-state index contributed by atoms with van der Waals surface area (Å²) in [6.45, 7) is 0. The molecule has 0 amide bonds. The molecule has 1 heterocycles. The van der Waals surface area contributed by atoms with E-state index in [0.717, 1.165) is 17.8 Å². The highest BCUT2D eigenvalue weighted by molar-refractivity contribution is 7.98. The van der Waals surface area contributed by atoms with Gasteiger partial charge in [0.15, 0.2) is 0 Å². The highest BCUT2D eigenvalue weighted by Crippen LogP contribution is 2.34. The van der Waals surface area contributed by atoms with E-state index in [1.807, 2.05) is 12.1 Å². The van der Waals surface area contributed by atoms with Crippen molar-refractivity contribution in [1.29, 1.82) is 0 Å². The van der Waals surface area contributed by atoms with Gasteiger partial charge in [-0.05, 0) is 30.3 Å². The van der Waals surface area contributed by atoms with Crippen LogP contribution in [0.15, 0.2) is 47.5 Å². The average molecular weight is 284 g/mol. The van der Waals surface area contributed by atoms with Crippen molar-refractivity contribution in [2.24, 2.45) is 0 Å². The van der Waals surface area contributed by atoms with E-state index in [-0.39, 0.29) is 5.69 Å². The average Bonchev–Trinajstić information content (AvgIpc) is 2.37. The van der Waals surface area contributed by atoms with Crippen LogP contribution in [-0.4, -0.2) is 4.98 Å². The van der Waals surface area contributed by atoms with Gasteiger partial charge in [-0.25, -0.2) is 0 Å². The first-order chi connectivity index (χ1) is 8.97. The third-order valence-corrected chi connectivity index (χ3v) is 3.56. The number of anilines is 1. The molecule has 0 saturated heterocycles. The van der Waals surface area contributed by atoms with Gasteiger partial charge in [0, 0.05) is 22.5 Å². The van der Waals surface area contributed by atoms with Crippen molar-refractivity contribution in [3.8, 4) is 0 Å². The number of pyridine rings is 1. The smallest absolute Gasteiger partial charge is 0.398 e. The van der Waals surface area contributed by atoms with E-state index in [2.05, 4.69) is 4.98 Å². The molecule has 100 valence electrons. The van der Waals surface area contributed by atoms with Crippen molar-refractivity contribution in [3.63, 3.8) is 0 Å². The third kappa shape index (κ3) is 3.64. The van der Waals surface area contributed by atoms with Crippen LogP contribution in [0, 0.1) is 0 Å². The zero-order chi connectivity index (χ0) is 13.9. The quantitative estimate of drug-likeness (QED) is 0.684. The van der Waals surface area contributed by atoms with E-state index in [4.69, 9.17) is 5.73 Å². The van der Waals surface area contributed by atoms with E-state index >= 15 is 0 Å². The number of aromatic nitrogens is 1. The van der Waals surface area contributed by atoms with Crippen LogP contribution in [0.3, 0.4) is 0 Å². The van der Waals surface area contributed by atoms with Crippen molar-refractivity contribution in [1.82, 2.24) is 4.98 Å². The Balaban J connectivity index is 2.10. The Morgan fingerprint density at radius 1 is 1.16 bits per heavy atom. The minimum atomic E-state index is -4.36. The lowest BCUT2D eigenvalue weighted by Gasteiger charge is -2.10. The first kappa shape index (κ1) is 13.7. The molecule has 2 aromatic rings. The standard InChI is InChI=1S/C13H11F3N2S/c14-13(15,16)9-4-5-12(11(17)7-9)19-8-10-3-1-2-6-18-10/h1-7H,8,17H2. The summed E-state index contributed by atoms with van der Waals surface area (Å²) in [5.74, 6) is 0.566. The molecule has 0 spiro atoms. The van der Waals surface area contributed by atoms with Crippen LogP contribution in [0.1, 0.15) is 11.3 Å². The van der Waals surface area contributed by atoms with Crippen LogP contribution in [0.4, 0.5) is 18.9 Å². The van der Waals surface area contributed by atoms with E-state index in [1.165, 1.54) is 17.8 Å². The van der Waals surface area contributed by atoms with Crippen LogP contribution in [0.25, 0.3) is 0 Å². The SMILES string of the molecule is Nc1cc(C(F)(F)F)ccc1SCc1ccccn1. The molecule has 0 unspecified atom stereocenters. The molecule has 0 fully saturated rings. The fourth-order valence-corrected chi connectivity index (χ4v) is 2.36. The molecule has 0 aliphatic heterocycles. The Morgan fingerprint density at radius 2 is 1.95 bits per heavy atom. The number of rotatable bonds is 3. The molecule has 2 rings (SSSR count). The first-order valence-electron chi connectivity index (χ1n) is 5.46. The molecule has 0 aliphatic rings. The minimum Gasteiger partial charge on any atom is -0.398 e. The molecule has 0 aliphatic carbocycles. The summed E-state index contributed by atoms with van der Waals surface area (Å²) >= 11 is 1.36. The molecule has 2 nitrogen and oxygen atoms in total. The Labute approximate surface area is 112 Å². The topological polar surface area (TPSA) is 38.9 Å². The maximum absolute atomic E-state index is 12.5. The summed E-state index contributed by atoms with van der Waals surface area (Å²) in [5, 5.41) is 0. The van der Waals surface area contributed by atoms with Gasteiger partial charge < -0.3 is 5.73 Å². The van der Waals surface area contributed by atoms with Gasteiger partial charge in [-0.2, -0.15) is 13.2 Å². The van der Waals surface area contributed by atoms with Crippen LogP contribution in [-0.2, 0) is 11.9 Å². The molecular weight excluding hydrogens is 273 g/mol. The largest absolute Gasteiger partial charge is 0.416 e. The third-order valence-electron chi connectivity index (χ3n) is 2.44. The molecule has 1 aromatic heterocycles. The van der Waals surface area contributed by atoms with Crippen molar-refractivity contribution in [2.45, 2.75) is 16.8 Å². The van der Waals surface area contributed by atoms with Gasteiger partial charge >= 0.3 is 6.18 Å². The van der Waals surface area contributed by atoms with Crippen LogP contribution in [0.2, 0.25) is 0 Å². The van der Waals surface area contributed by atoms with Crippen LogP contribution < -0.4 is 5.73 Å². The molecule has 0 radical (unpaired) electrons.